The lowest BCUT2D eigenvalue weighted by Crippen LogP contribution is -2.55. The van der Waals surface area contributed by atoms with Crippen molar-refractivity contribution in [1.29, 1.82) is 0 Å². The van der Waals surface area contributed by atoms with Crippen LogP contribution < -0.4 is 4.72 Å². The number of amides is 1. The number of nitrogens with zero attached hydrogens (tertiary/aromatic N) is 2. The van der Waals surface area contributed by atoms with Gasteiger partial charge in [-0.15, -0.1) is 0 Å². The van der Waals surface area contributed by atoms with E-state index in [4.69, 9.17) is 11.6 Å². The fraction of sp³-hybridized carbons (Fsp3) is 0.381. The van der Waals surface area contributed by atoms with E-state index in [1.807, 2.05) is 30.3 Å². The van der Waals surface area contributed by atoms with Crippen molar-refractivity contribution in [3.8, 4) is 0 Å². The Kier molecular flexibility index (Phi) is 7.29. The highest BCUT2D eigenvalue weighted by Gasteiger charge is 2.31. The van der Waals surface area contributed by atoms with Gasteiger partial charge in [0.25, 0.3) is 0 Å². The average molecular weight is 436 g/mol. The summed E-state index contributed by atoms with van der Waals surface area (Å²) < 4.78 is 28.4. The van der Waals surface area contributed by atoms with Crippen molar-refractivity contribution in [2.24, 2.45) is 0 Å². The first-order chi connectivity index (χ1) is 13.9. The highest BCUT2D eigenvalue weighted by Crippen LogP contribution is 2.16. The molecule has 6 nitrogen and oxygen atoms in total. The molecule has 1 atom stereocenters. The SMILES string of the molecule is CCN1CCN(C(=O)[C@H](Cc2ccccc2)NS(=O)(=O)c2ccc(Cl)cc2)CC1. The molecule has 0 spiro atoms. The molecule has 1 aliphatic rings. The van der Waals surface area contributed by atoms with Crippen LogP contribution in [0.3, 0.4) is 0 Å². The maximum Gasteiger partial charge on any atom is 0.241 e. The zero-order chi connectivity index (χ0) is 20.9. The van der Waals surface area contributed by atoms with Crippen LogP contribution >= 0.6 is 11.6 Å². The van der Waals surface area contributed by atoms with Crippen molar-refractivity contribution < 1.29 is 13.2 Å². The molecule has 0 bridgehead atoms. The third-order valence-electron chi connectivity index (χ3n) is 5.13. The number of hydrogen-bond acceptors (Lipinski definition) is 4. The van der Waals surface area contributed by atoms with Gasteiger partial charge in [0.15, 0.2) is 0 Å². The molecule has 1 amide bonds. The van der Waals surface area contributed by atoms with Crippen molar-refractivity contribution in [1.82, 2.24) is 14.5 Å². The summed E-state index contributed by atoms with van der Waals surface area (Å²) in [5.41, 5.74) is 0.900. The van der Waals surface area contributed by atoms with Crippen molar-refractivity contribution >= 4 is 27.5 Å². The fourth-order valence-electron chi connectivity index (χ4n) is 3.40. The standard InChI is InChI=1S/C21H26ClN3O3S/c1-2-24-12-14-25(15-13-24)21(26)20(16-17-6-4-3-5-7-17)23-29(27,28)19-10-8-18(22)9-11-19/h3-11,20,23H,2,12-16H2,1H3/t20-/m0/s1. The Morgan fingerprint density at radius 3 is 2.24 bits per heavy atom. The lowest BCUT2D eigenvalue weighted by molar-refractivity contribution is -0.134. The third-order valence-corrected chi connectivity index (χ3v) is 6.87. The smallest absolute Gasteiger partial charge is 0.241 e. The number of nitrogens with one attached hydrogen (secondary N) is 1. The predicted molar refractivity (Wildman–Crippen MR) is 114 cm³/mol. The van der Waals surface area contributed by atoms with E-state index in [1.165, 1.54) is 24.3 Å². The van der Waals surface area contributed by atoms with Gasteiger partial charge >= 0.3 is 0 Å². The molecule has 2 aromatic carbocycles. The molecule has 0 aliphatic carbocycles. The van der Waals surface area contributed by atoms with Gasteiger partial charge in [-0.2, -0.15) is 4.72 Å². The lowest BCUT2D eigenvalue weighted by atomic mass is 10.1. The molecule has 1 heterocycles. The summed E-state index contributed by atoms with van der Waals surface area (Å²) in [5, 5.41) is 0.453. The minimum atomic E-state index is -3.86. The number of hydrogen-bond donors (Lipinski definition) is 1. The van der Waals surface area contributed by atoms with E-state index in [-0.39, 0.29) is 10.8 Å². The summed E-state index contributed by atoms with van der Waals surface area (Å²) in [7, 11) is -3.86. The Bertz CT molecular complexity index is 912. The van der Waals surface area contributed by atoms with Gasteiger partial charge in [0, 0.05) is 31.2 Å². The Hall–Kier alpha value is -1.93. The van der Waals surface area contributed by atoms with Crippen molar-refractivity contribution in [3.63, 3.8) is 0 Å². The van der Waals surface area contributed by atoms with Crippen molar-refractivity contribution in [2.75, 3.05) is 32.7 Å². The molecule has 0 radical (unpaired) electrons. The van der Waals surface area contributed by atoms with Crippen molar-refractivity contribution in [3.05, 3.63) is 65.2 Å². The first kappa shape index (κ1) is 21.8. The van der Waals surface area contributed by atoms with Gasteiger partial charge < -0.3 is 9.80 Å². The van der Waals surface area contributed by atoms with Gasteiger partial charge in [-0.1, -0.05) is 48.9 Å². The molecule has 1 N–H and O–H groups in total. The highest BCUT2D eigenvalue weighted by molar-refractivity contribution is 7.89. The number of halogens is 1. The molecule has 156 valence electrons. The van der Waals surface area contributed by atoms with Crippen LogP contribution in [0.25, 0.3) is 0 Å². The number of piperazine rings is 1. The van der Waals surface area contributed by atoms with E-state index in [1.54, 1.807) is 4.90 Å². The Morgan fingerprint density at radius 1 is 1.03 bits per heavy atom. The monoisotopic (exact) mass is 435 g/mol. The summed E-state index contributed by atoms with van der Waals surface area (Å²) in [4.78, 5) is 17.3. The number of sulfonamides is 1. The molecule has 0 aromatic heterocycles. The minimum absolute atomic E-state index is 0.0866. The van der Waals surface area contributed by atoms with Crippen molar-refractivity contribution in [2.45, 2.75) is 24.3 Å². The van der Waals surface area contributed by atoms with E-state index in [0.717, 1.165) is 25.2 Å². The number of carbonyl (C=O) groups is 1. The number of benzene rings is 2. The Labute approximate surface area is 177 Å². The fourth-order valence-corrected chi connectivity index (χ4v) is 4.72. The highest BCUT2D eigenvalue weighted by atomic mass is 35.5. The zero-order valence-electron chi connectivity index (χ0n) is 16.4. The first-order valence-electron chi connectivity index (χ1n) is 9.72. The quantitative estimate of drug-likeness (QED) is 0.725. The van der Waals surface area contributed by atoms with Gasteiger partial charge in [0.2, 0.25) is 15.9 Å². The average Bonchev–Trinajstić information content (AvgIpc) is 2.74. The van der Waals surface area contributed by atoms with Gasteiger partial charge in [-0.25, -0.2) is 8.42 Å². The van der Waals surface area contributed by atoms with Crippen LogP contribution in [0.4, 0.5) is 0 Å². The van der Waals surface area contributed by atoms with E-state index in [9.17, 15) is 13.2 Å². The summed E-state index contributed by atoms with van der Waals surface area (Å²) in [6, 6.07) is 14.5. The molecule has 2 aromatic rings. The van der Waals surface area contributed by atoms with E-state index in [2.05, 4.69) is 16.5 Å². The maximum absolute atomic E-state index is 13.2. The molecule has 0 saturated carbocycles. The van der Waals surface area contributed by atoms with Gasteiger partial charge in [0.1, 0.15) is 6.04 Å². The van der Waals surface area contributed by atoms with Gasteiger partial charge in [-0.3, -0.25) is 4.79 Å². The van der Waals surface area contributed by atoms with Crippen LogP contribution in [-0.2, 0) is 21.2 Å². The maximum atomic E-state index is 13.2. The first-order valence-corrected chi connectivity index (χ1v) is 11.6. The van der Waals surface area contributed by atoms with E-state index in [0.29, 0.717) is 24.5 Å². The summed E-state index contributed by atoms with van der Waals surface area (Å²) in [5.74, 6) is -0.192. The second-order valence-corrected chi connectivity index (χ2v) is 9.23. The summed E-state index contributed by atoms with van der Waals surface area (Å²) >= 11 is 5.87. The van der Waals surface area contributed by atoms with Crippen LogP contribution in [-0.4, -0.2) is 62.9 Å². The third kappa shape index (κ3) is 5.79. The minimum Gasteiger partial charge on any atom is -0.339 e. The Morgan fingerprint density at radius 2 is 1.66 bits per heavy atom. The molecular formula is C21H26ClN3O3S. The molecule has 1 fully saturated rings. The second-order valence-electron chi connectivity index (χ2n) is 7.08. The summed E-state index contributed by atoms with van der Waals surface area (Å²) in [6.07, 6.45) is 0.292. The van der Waals surface area contributed by atoms with Crippen LogP contribution in [0, 0.1) is 0 Å². The zero-order valence-corrected chi connectivity index (χ0v) is 18.0. The molecule has 1 aliphatic heterocycles. The van der Waals surface area contributed by atoms with E-state index >= 15 is 0 Å². The van der Waals surface area contributed by atoms with Gasteiger partial charge in [-0.05, 0) is 42.8 Å². The number of likely N-dealkylation sites (N-methyl/N-ethyl adjacent to an activating group) is 1. The lowest BCUT2D eigenvalue weighted by Gasteiger charge is -2.36. The largest absolute Gasteiger partial charge is 0.339 e. The normalized spacial score (nSPS) is 16.6. The molecule has 0 unspecified atom stereocenters. The van der Waals surface area contributed by atoms with E-state index < -0.39 is 16.1 Å². The van der Waals surface area contributed by atoms with Gasteiger partial charge in [0.05, 0.1) is 4.90 Å². The number of rotatable bonds is 7. The summed E-state index contributed by atoms with van der Waals surface area (Å²) in [6.45, 7) is 5.82. The second kappa shape index (κ2) is 9.71. The topological polar surface area (TPSA) is 69.7 Å². The molecule has 3 rings (SSSR count). The predicted octanol–water partition coefficient (Wildman–Crippen LogP) is 2.39. The van der Waals surface area contributed by atoms with Crippen LogP contribution in [0.2, 0.25) is 5.02 Å². The van der Waals surface area contributed by atoms with Crippen LogP contribution in [0.15, 0.2) is 59.5 Å². The molecule has 8 heteroatoms. The van der Waals surface area contributed by atoms with Crippen LogP contribution in [0.5, 0.6) is 0 Å². The molecule has 29 heavy (non-hydrogen) atoms. The Balaban J connectivity index is 1.81. The number of carbonyl (C=O) groups excluding carboxylic acids is 1. The molecule has 1 saturated heterocycles. The van der Waals surface area contributed by atoms with Crippen LogP contribution in [0.1, 0.15) is 12.5 Å². The molecular weight excluding hydrogens is 410 g/mol.